The van der Waals surface area contributed by atoms with E-state index in [1.807, 2.05) is 0 Å². The van der Waals surface area contributed by atoms with Gasteiger partial charge in [-0.25, -0.2) is 9.18 Å². The number of urea groups is 1. The summed E-state index contributed by atoms with van der Waals surface area (Å²) in [5.74, 6) is -0.762. The minimum Gasteiger partial charge on any atom is -0.327 e. The van der Waals surface area contributed by atoms with Gasteiger partial charge in [-0.1, -0.05) is 12.1 Å². The van der Waals surface area contributed by atoms with E-state index < -0.39 is 22.8 Å². The molecule has 0 unspecified atom stereocenters. The van der Waals surface area contributed by atoms with Gasteiger partial charge in [0.2, 0.25) is 0 Å². The first-order chi connectivity index (χ1) is 13.4. The third kappa shape index (κ3) is 2.77. The molecule has 1 N–H and O–H groups in total. The van der Waals surface area contributed by atoms with Crippen molar-refractivity contribution in [3.05, 3.63) is 81.3 Å². The molecule has 0 spiro atoms. The van der Waals surface area contributed by atoms with E-state index in [2.05, 4.69) is 5.32 Å². The maximum absolute atomic E-state index is 13.2. The van der Waals surface area contributed by atoms with Crippen LogP contribution < -0.4 is 10.2 Å². The zero-order valence-corrected chi connectivity index (χ0v) is 14.8. The van der Waals surface area contributed by atoms with Crippen LogP contribution in [0.15, 0.2) is 59.8 Å². The lowest BCUT2D eigenvalue weighted by molar-refractivity contribution is -0.384. The monoisotopic (exact) mass is 382 g/mol. The lowest BCUT2D eigenvalue weighted by atomic mass is 9.95. The highest BCUT2D eigenvalue weighted by atomic mass is 19.1. The van der Waals surface area contributed by atoms with Gasteiger partial charge in [0.1, 0.15) is 5.82 Å². The van der Waals surface area contributed by atoms with Crippen LogP contribution in [0.3, 0.4) is 0 Å². The number of nitrogens with zero attached hydrogens (tertiary/aromatic N) is 3. The summed E-state index contributed by atoms with van der Waals surface area (Å²) >= 11 is 0. The number of non-ortho nitro benzene ring substituents is 1. The Hall–Kier alpha value is -3.75. The molecule has 142 valence electrons. The summed E-state index contributed by atoms with van der Waals surface area (Å²) in [6.45, 7) is 0.148. The molecule has 0 saturated heterocycles. The summed E-state index contributed by atoms with van der Waals surface area (Å²) in [6, 6.07) is 10.1. The Morgan fingerprint density at radius 1 is 1.18 bits per heavy atom. The van der Waals surface area contributed by atoms with Crippen molar-refractivity contribution >= 4 is 23.3 Å². The Morgan fingerprint density at radius 3 is 2.57 bits per heavy atom. The first-order valence-electron chi connectivity index (χ1n) is 8.46. The highest BCUT2D eigenvalue weighted by molar-refractivity contribution is 6.11. The standard InChI is InChI=1S/C19H15FN4O4/c1-22-15-10-23(13-7-5-12(20)6-8-13)18(25)16(15)17(21-19(22)26)11-3-2-4-14(9-11)24(27)28/h2-9,17H,10H2,1H3,(H,21,26)/t17-/m1/s1. The molecule has 8 nitrogen and oxygen atoms in total. The van der Waals surface area contributed by atoms with Crippen LogP contribution in [-0.4, -0.2) is 35.4 Å². The average molecular weight is 382 g/mol. The minimum absolute atomic E-state index is 0.131. The molecule has 9 heteroatoms. The number of hydrogen-bond acceptors (Lipinski definition) is 4. The zero-order valence-electron chi connectivity index (χ0n) is 14.8. The van der Waals surface area contributed by atoms with Gasteiger partial charge in [0.05, 0.1) is 28.8 Å². The van der Waals surface area contributed by atoms with Gasteiger partial charge in [0.15, 0.2) is 0 Å². The Morgan fingerprint density at radius 2 is 1.89 bits per heavy atom. The maximum Gasteiger partial charge on any atom is 0.322 e. The number of nitrogens with one attached hydrogen (secondary N) is 1. The molecule has 2 aliphatic heterocycles. The largest absolute Gasteiger partial charge is 0.327 e. The minimum atomic E-state index is -0.809. The van der Waals surface area contributed by atoms with E-state index in [1.165, 1.54) is 52.3 Å². The second-order valence-electron chi connectivity index (χ2n) is 6.52. The summed E-state index contributed by atoms with van der Waals surface area (Å²) in [7, 11) is 1.55. The number of halogens is 1. The predicted molar refractivity (Wildman–Crippen MR) is 97.9 cm³/mol. The number of likely N-dealkylation sites (N-methyl/N-ethyl adjacent to an activating group) is 1. The first kappa shape index (κ1) is 17.7. The van der Waals surface area contributed by atoms with E-state index in [-0.39, 0.29) is 18.1 Å². The third-order valence-corrected chi connectivity index (χ3v) is 4.91. The summed E-state index contributed by atoms with van der Waals surface area (Å²) in [4.78, 5) is 38.9. The van der Waals surface area contributed by atoms with Crippen molar-refractivity contribution in [1.82, 2.24) is 10.2 Å². The Balaban J connectivity index is 1.76. The summed E-state index contributed by atoms with van der Waals surface area (Å²) < 4.78 is 13.2. The lowest BCUT2D eigenvalue weighted by Crippen LogP contribution is -2.45. The van der Waals surface area contributed by atoms with Gasteiger partial charge in [0, 0.05) is 24.9 Å². The quantitative estimate of drug-likeness (QED) is 0.652. The number of nitro benzene ring substituents is 1. The van der Waals surface area contributed by atoms with E-state index in [1.54, 1.807) is 13.1 Å². The molecule has 4 rings (SSSR count). The number of benzene rings is 2. The van der Waals surface area contributed by atoms with Crippen molar-refractivity contribution in [3.8, 4) is 0 Å². The molecule has 2 aromatic rings. The molecule has 0 aromatic heterocycles. The number of nitro groups is 1. The molecule has 2 aromatic carbocycles. The highest BCUT2D eigenvalue weighted by Crippen LogP contribution is 2.38. The van der Waals surface area contributed by atoms with Gasteiger partial charge in [-0.2, -0.15) is 0 Å². The molecule has 0 bridgehead atoms. The third-order valence-electron chi connectivity index (χ3n) is 4.91. The van der Waals surface area contributed by atoms with Gasteiger partial charge < -0.3 is 10.2 Å². The van der Waals surface area contributed by atoms with E-state index in [9.17, 15) is 24.1 Å². The number of anilines is 1. The molecule has 1 atom stereocenters. The second-order valence-corrected chi connectivity index (χ2v) is 6.52. The normalized spacial score (nSPS) is 19.0. The van der Waals surface area contributed by atoms with E-state index in [0.29, 0.717) is 22.5 Å². The number of carbonyl (C=O) groups excluding carboxylic acids is 2. The molecule has 2 aliphatic rings. The van der Waals surface area contributed by atoms with Crippen molar-refractivity contribution in [2.45, 2.75) is 6.04 Å². The maximum atomic E-state index is 13.2. The molecule has 0 saturated carbocycles. The SMILES string of the molecule is CN1C(=O)N[C@H](c2cccc([N+](=O)[O-])c2)C2=C1CN(c1ccc(F)cc1)C2=O. The van der Waals surface area contributed by atoms with Crippen LogP contribution in [0, 0.1) is 15.9 Å². The van der Waals surface area contributed by atoms with E-state index in [4.69, 9.17) is 0 Å². The van der Waals surface area contributed by atoms with Crippen molar-refractivity contribution in [1.29, 1.82) is 0 Å². The first-order valence-corrected chi connectivity index (χ1v) is 8.46. The molecule has 0 radical (unpaired) electrons. The number of carbonyl (C=O) groups is 2. The molecule has 0 fully saturated rings. The second kappa shape index (κ2) is 6.45. The molecule has 0 aliphatic carbocycles. The fraction of sp³-hybridized carbons (Fsp3) is 0.158. The Kier molecular flexibility index (Phi) is 4.07. The van der Waals surface area contributed by atoms with Gasteiger partial charge in [-0.3, -0.25) is 19.8 Å². The number of rotatable bonds is 3. The van der Waals surface area contributed by atoms with Crippen LogP contribution in [0.4, 0.5) is 20.6 Å². The highest BCUT2D eigenvalue weighted by Gasteiger charge is 2.43. The van der Waals surface area contributed by atoms with Gasteiger partial charge >= 0.3 is 6.03 Å². The van der Waals surface area contributed by atoms with Crippen LogP contribution in [0.25, 0.3) is 0 Å². The molecular formula is C19H15FN4O4. The Labute approximate surface area is 159 Å². The average Bonchev–Trinajstić information content (AvgIpc) is 3.03. The van der Waals surface area contributed by atoms with Crippen LogP contribution in [0.5, 0.6) is 0 Å². The number of hydrogen-bond donors (Lipinski definition) is 1. The lowest BCUT2D eigenvalue weighted by Gasteiger charge is -2.30. The van der Waals surface area contributed by atoms with Crippen LogP contribution >= 0.6 is 0 Å². The fourth-order valence-corrected chi connectivity index (χ4v) is 3.46. The summed E-state index contributed by atoms with van der Waals surface area (Å²) in [5, 5.41) is 13.8. The molecular weight excluding hydrogens is 367 g/mol. The molecule has 3 amide bonds. The molecule has 28 heavy (non-hydrogen) atoms. The predicted octanol–water partition coefficient (Wildman–Crippen LogP) is 2.73. The topological polar surface area (TPSA) is 95.8 Å². The van der Waals surface area contributed by atoms with E-state index >= 15 is 0 Å². The van der Waals surface area contributed by atoms with Crippen molar-refractivity contribution in [3.63, 3.8) is 0 Å². The fourth-order valence-electron chi connectivity index (χ4n) is 3.46. The van der Waals surface area contributed by atoms with Crippen molar-refractivity contribution < 1.29 is 18.9 Å². The van der Waals surface area contributed by atoms with Crippen LogP contribution in [0.2, 0.25) is 0 Å². The Bertz CT molecular complexity index is 1030. The van der Waals surface area contributed by atoms with Gasteiger partial charge in [-0.05, 0) is 29.8 Å². The molecule has 2 heterocycles. The van der Waals surface area contributed by atoms with Gasteiger partial charge in [0.25, 0.3) is 11.6 Å². The van der Waals surface area contributed by atoms with E-state index in [0.717, 1.165) is 0 Å². The van der Waals surface area contributed by atoms with Crippen molar-refractivity contribution in [2.75, 3.05) is 18.5 Å². The summed E-state index contributed by atoms with van der Waals surface area (Å²) in [6.07, 6.45) is 0. The van der Waals surface area contributed by atoms with Crippen LogP contribution in [-0.2, 0) is 4.79 Å². The van der Waals surface area contributed by atoms with Gasteiger partial charge in [-0.15, -0.1) is 0 Å². The van der Waals surface area contributed by atoms with Crippen molar-refractivity contribution in [2.24, 2.45) is 0 Å². The number of amides is 3. The van der Waals surface area contributed by atoms with Crippen LogP contribution in [0.1, 0.15) is 11.6 Å². The summed E-state index contributed by atoms with van der Waals surface area (Å²) in [5.41, 5.74) is 1.66. The smallest absolute Gasteiger partial charge is 0.322 e. The zero-order chi connectivity index (χ0) is 20.0.